The topological polar surface area (TPSA) is 48.4 Å². The number of rotatable bonds is 4. The van der Waals surface area contributed by atoms with E-state index >= 15 is 0 Å². The SMILES string of the molecule is Cc1ccc(C(C)N[C@@H]2CC3(C[C@H]2O)CN(C)C3C(C)C)c(C)n1. The third kappa shape index (κ3) is 3.00. The van der Waals surface area contributed by atoms with Crippen molar-refractivity contribution in [1.82, 2.24) is 15.2 Å². The second kappa shape index (κ2) is 6.40. The van der Waals surface area contributed by atoms with Gasteiger partial charge in [-0.2, -0.15) is 0 Å². The lowest BCUT2D eigenvalue weighted by Crippen LogP contribution is -2.64. The standard InChI is InChI=1S/C20H33N3O/c1-12(2)19-20(11-23(19)6)9-17(18(24)10-20)22-15(5)16-8-7-13(3)21-14(16)4/h7-8,12,15,17-19,22,24H,9-11H2,1-6H3/t15?,17-,18-,19?,20?/m1/s1. The van der Waals surface area contributed by atoms with E-state index in [1.807, 2.05) is 6.92 Å². The van der Waals surface area contributed by atoms with Gasteiger partial charge in [-0.05, 0) is 58.2 Å². The van der Waals surface area contributed by atoms with Crippen LogP contribution in [0.15, 0.2) is 12.1 Å². The molecule has 0 bridgehead atoms. The van der Waals surface area contributed by atoms with Crippen LogP contribution in [0.25, 0.3) is 0 Å². The minimum atomic E-state index is -0.249. The number of aryl methyl sites for hydroxylation is 2. The molecule has 1 aromatic heterocycles. The van der Waals surface area contributed by atoms with Gasteiger partial charge in [-0.1, -0.05) is 19.9 Å². The lowest BCUT2D eigenvalue weighted by molar-refractivity contribution is -0.0828. The van der Waals surface area contributed by atoms with Crippen molar-refractivity contribution in [2.24, 2.45) is 11.3 Å². The fourth-order valence-corrected chi connectivity index (χ4v) is 5.58. The largest absolute Gasteiger partial charge is 0.391 e. The van der Waals surface area contributed by atoms with Crippen molar-refractivity contribution < 1.29 is 5.11 Å². The van der Waals surface area contributed by atoms with Crippen molar-refractivity contribution in [3.8, 4) is 0 Å². The van der Waals surface area contributed by atoms with Gasteiger partial charge in [0.2, 0.25) is 0 Å². The number of nitrogens with zero attached hydrogens (tertiary/aromatic N) is 2. The highest BCUT2D eigenvalue weighted by Crippen LogP contribution is 2.52. The summed E-state index contributed by atoms with van der Waals surface area (Å²) < 4.78 is 0. The van der Waals surface area contributed by atoms with Crippen LogP contribution in [0.2, 0.25) is 0 Å². The molecule has 4 nitrogen and oxygen atoms in total. The highest BCUT2D eigenvalue weighted by atomic mass is 16.3. The number of aliphatic hydroxyl groups is 1. The molecule has 1 aromatic rings. The minimum absolute atomic E-state index is 0.177. The summed E-state index contributed by atoms with van der Waals surface area (Å²) in [5.41, 5.74) is 3.67. The van der Waals surface area contributed by atoms with Gasteiger partial charge in [0.25, 0.3) is 0 Å². The van der Waals surface area contributed by atoms with Crippen LogP contribution >= 0.6 is 0 Å². The molecular weight excluding hydrogens is 298 g/mol. The number of pyridine rings is 1. The number of hydrogen-bond acceptors (Lipinski definition) is 4. The van der Waals surface area contributed by atoms with E-state index in [1.54, 1.807) is 0 Å². The Labute approximate surface area is 146 Å². The van der Waals surface area contributed by atoms with E-state index in [0.717, 1.165) is 30.8 Å². The second-order valence-corrected chi connectivity index (χ2v) is 8.56. The molecular formula is C20H33N3O. The molecule has 0 aromatic carbocycles. The van der Waals surface area contributed by atoms with Gasteiger partial charge in [-0.25, -0.2) is 0 Å². The van der Waals surface area contributed by atoms with E-state index in [0.29, 0.717) is 17.4 Å². The van der Waals surface area contributed by atoms with Gasteiger partial charge < -0.3 is 15.3 Å². The van der Waals surface area contributed by atoms with Crippen LogP contribution in [0.5, 0.6) is 0 Å². The van der Waals surface area contributed by atoms with Gasteiger partial charge in [0.1, 0.15) is 0 Å². The molecule has 3 unspecified atom stereocenters. The maximum absolute atomic E-state index is 10.7. The van der Waals surface area contributed by atoms with Crippen LogP contribution in [0.1, 0.15) is 56.6 Å². The molecule has 0 radical (unpaired) electrons. The number of hydrogen-bond donors (Lipinski definition) is 2. The molecule has 24 heavy (non-hydrogen) atoms. The lowest BCUT2D eigenvalue weighted by Gasteiger charge is -2.57. The third-order valence-corrected chi connectivity index (χ3v) is 6.20. The zero-order valence-corrected chi connectivity index (χ0v) is 16.0. The Morgan fingerprint density at radius 2 is 1.96 bits per heavy atom. The molecule has 4 heteroatoms. The summed E-state index contributed by atoms with van der Waals surface area (Å²) in [5.74, 6) is 0.635. The van der Waals surface area contributed by atoms with E-state index in [9.17, 15) is 5.11 Å². The summed E-state index contributed by atoms with van der Waals surface area (Å²) in [7, 11) is 2.22. The lowest BCUT2D eigenvalue weighted by atomic mass is 9.66. The first-order chi connectivity index (χ1) is 11.2. The molecule has 1 aliphatic carbocycles. The Morgan fingerprint density at radius 1 is 1.25 bits per heavy atom. The van der Waals surface area contributed by atoms with Crippen LogP contribution in [-0.2, 0) is 0 Å². The summed E-state index contributed by atoms with van der Waals surface area (Å²) in [6.45, 7) is 12.0. The Kier molecular flexibility index (Phi) is 4.75. The van der Waals surface area contributed by atoms with Crippen LogP contribution < -0.4 is 5.32 Å². The molecule has 2 heterocycles. The number of aliphatic hydroxyl groups excluding tert-OH is 1. The number of likely N-dealkylation sites (tertiary alicyclic amines) is 1. The Balaban J connectivity index is 1.70. The molecule has 2 aliphatic rings. The van der Waals surface area contributed by atoms with Crippen molar-refractivity contribution in [1.29, 1.82) is 0 Å². The van der Waals surface area contributed by atoms with Crippen LogP contribution in [0.4, 0.5) is 0 Å². The van der Waals surface area contributed by atoms with Gasteiger partial charge in [-0.3, -0.25) is 4.98 Å². The smallest absolute Gasteiger partial charge is 0.0700 e. The maximum Gasteiger partial charge on any atom is 0.0700 e. The molecule has 2 fully saturated rings. The third-order valence-electron chi connectivity index (χ3n) is 6.20. The van der Waals surface area contributed by atoms with E-state index in [-0.39, 0.29) is 18.2 Å². The summed E-state index contributed by atoms with van der Waals surface area (Å²) in [6, 6.07) is 5.22. The van der Waals surface area contributed by atoms with Crippen molar-refractivity contribution in [2.45, 2.75) is 71.7 Å². The van der Waals surface area contributed by atoms with E-state index in [4.69, 9.17) is 0 Å². The summed E-state index contributed by atoms with van der Waals surface area (Å²) in [6.07, 6.45) is 1.75. The van der Waals surface area contributed by atoms with Crippen LogP contribution in [0, 0.1) is 25.2 Å². The molecule has 2 N–H and O–H groups in total. The number of aromatic nitrogens is 1. The minimum Gasteiger partial charge on any atom is -0.391 e. The zero-order chi connectivity index (χ0) is 17.6. The Bertz CT molecular complexity index is 598. The van der Waals surface area contributed by atoms with Gasteiger partial charge in [-0.15, -0.1) is 0 Å². The maximum atomic E-state index is 10.7. The molecule has 1 saturated heterocycles. The molecule has 1 saturated carbocycles. The molecule has 1 spiro atoms. The Hall–Kier alpha value is -0.970. The summed E-state index contributed by atoms with van der Waals surface area (Å²) in [5, 5.41) is 14.4. The van der Waals surface area contributed by atoms with Crippen molar-refractivity contribution in [3.05, 3.63) is 29.1 Å². The van der Waals surface area contributed by atoms with Crippen molar-refractivity contribution in [2.75, 3.05) is 13.6 Å². The quantitative estimate of drug-likeness (QED) is 0.891. The van der Waals surface area contributed by atoms with Gasteiger partial charge >= 0.3 is 0 Å². The fraction of sp³-hybridized carbons (Fsp3) is 0.750. The monoisotopic (exact) mass is 331 g/mol. The Morgan fingerprint density at radius 3 is 2.54 bits per heavy atom. The van der Waals surface area contributed by atoms with Gasteiger partial charge in [0.15, 0.2) is 0 Å². The van der Waals surface area contributed by atoms with E-state index in [1.165, 1.54) is 5.56 Å². The molecule has 0 amide bonds. The van der Waals surface area contributed by atoms with E-state index < -0.39 is 0 Å². The predicted molar refractivity (Wildman–Crippen MR) is 98.0 cm³/mol. The first-order valence-electron chi connectivity index (χ1n) is 9.32. The summed E-state index contributed by atoms with van der Waals surface area (Å²) >= 11 is 0. The van der Waals surface area contributed by atoms with Gasteiger partial charge in [0, 0.05) is 41.5 Å². The van der Waals surface area contributed by atoms with Crippen LogP contribution in [-0.4, -0.2) is 46.8 Å². The molecule has 1 aliphatic heterocycles. The average molecular weight is 332 g/mol. The van der Waals surface area contributed by atoms with E-state index in [2.05, 4.69) is 62.1 Å². The normalized spacial score (nSPS) is 34.8. The van der Waals surface area contributed by atoms with Gasteiger partial charge in [0.05, 0.1) is 6.10 Å². The highest BCUT2D eigenvalue weighted by molar-refractivity contribution is 5.25. The first kappa shape index (κ1) is 17.8. The molecule has 3 rings (SSSR count). The zero-order valence-electron chi connectivity index (χ0n) is 16.0. The molecule has 134 valence electrons. The van der Waals surface area contributed by atoms with Crippen LogP contribution in [0.3, 0.4) is 0 Å². The first-order valence-corrected chi connectivity index (χ1v) is 9.32. The fourth-order valence-electron chi connectivity index (χ4n) is 5.58. The average Bonchev–Trinajstić information content (AvgIpc) is 2.75. The van der Waals surface area contributed by atoms with Crippen molar-refractivity contribution >= 4 is 0 Å². The van der Waals surface area contributed by atoms with Crippen molar-refractivity contribution in [3.63, 3.8) is 0 Å². The number of nitrogens with one attached hydrogen (secondary N) is 1. The highest BCUT2D eigenvalue weighted by Gasteiger charge is 2.58. The second-order valence-electron chi connectivity index (χ2n) is 8.56. The summed E-state index contributed by atoms with van der Waals surface area (Å²) in [4.78, 5) is 7.04. The molecule has 5 atom stereocenters. The predicted octanol–water partition coefficient (Wildman–Crippen LogP) is 2.83.